The normalized spacial score (nSPS) is 11.9. The first kappa shape index (κ1) is 30.9. The van der Waals surface area contributed by atoms with E-state index in [0.29, 0.717) is 39.8 Å². The van der Waals surface area contributed by atoms with Crippen LogP contribution in [0.1, 0.15) is 51.4 Å². The van der Waals surface area contributed by atoms with Gasteiger partial charge in [0.25, 0.3) is 11.8 Å². The molecule has 228 valence electrons. The molecule has 3 N–H and O–H groups in total. The van der Waals surface area contributed by atoms with Gasteiger partial charge in [0.05, 0.1) is 16.8 Å². The summed E-state index contributed by atoms with van der Waals surface area (Å²) in [6, 6.07) is 23.4. The van der Waals surface area contributed by atoms with Crippen LogP contribution in [0.3, 0.4) is 0 Å². The fourth-order valence-electron chi connectivity index (χ4n) is 4.68. The van der Waals surface area contributed by atoms with Crippen molar-refractivity contribution in [1.29, 1.82) is 0 Å². The number of rotatable bonds is 9. The summed E-state index contributed by atoms with van der Waals surface area (Å²) < 4.78 is 39.1. The molecule has 45 heavy (non-hydrogen) atoms. The Morgan fingerprint density at radius 2 is 1.60 bits per heavy atom. The summed E-state index contributed by atoms with van der Waals surface area (Å²) in [5, 5.41) is 8.92. The lowest BCUT2D eigenvalue weighted by Gasteiger charge is -2.18. The number of carbonyl (C=O) groups is 3. The Morgan fingerprint density at radius 3 is 2.31 bits per heavy atom. The fraction of sp³-hybridized carbons (Fsp3) is 0.147. The number of amides is 3. The molecule has 0 spiro atoms. The van der Waals surface area contributed by atoms with E-state index in [4.69, 9.17) is 0 Å². The Balaban J connectivity index is 1.33. The van der Waals surface area contributed by atoms with Crippen LogP contribution >= 0.6 is 0 Å². The number of carbonyl (C=O) groups excluding carboxylic acids is 3. The van der Waals surface area contributed by atoms with Crippen LogP contribution in [0.25, 0.3) is 22.0 Å². The van der Waals surface area contributed by atoms with E-state index in [-0.39, 0.29) is 17.3 Å². The molecule has 1 atom stereocenters. The van der Waals surface area contributed by atoms with Crippen molar-refractivity contribution in [3.8, 4) is 11.1 Å². The maximum Gasteiger partial charge on any atom is 0.416 e. The van der Waals surface area contributed by atoms with E-state index in [1.807, 2.05) is 6.92 Å². The first-order valence-electron chi connectivity index (χ1n) is 14.1. The lowest BCUT2D eigenvalue weighted by atomic mass is 9.98. The molecule has 2 heterocycles. The summed E-state index contributed by atoms with van der Waals surface area (Å²) in [6.45, 7) is 2.38. The molecule has 5 rings (SSSR count). The molecular weight excluding hydrogens is 583 g/mol. The molecule has 0 aliphatic carbocycles. The zero-order valence-corrected chi connectivity index (χ0v) is 24.1. The zero-order chi connectivity index (χ0) is 32.0. The van der Waals surface area contributed by atoms with Gasteiger partial charge in [-0.2, -0.15) is 13.2 Å². The molecule has 0 fully saturated rings. The number of benzene rings is 3. The summed E-state index contributed by atoms with van der Waals surface area (Å²) in [6.07, 6.45) is -2.18. The van der Waals surface area contributed by atoms with Crippen LogP contribution in [-0.4, -0.2) is 34.2 Å². The summed E-state index contributed by atoms with van der Waals surface area (Å²) in [4.78, 5) is 48.0. The molecule has 0 saturated carbocycles. The minimum Gasteiger partial charge on any atom is -0.354 e. The van der Waals surface area contributed by atoms with Gasteiger partial charge in [0.1, 0.15) is 5.82 Å². The van der Waals surface area contributed by atoms with Crippen molar-refractivity contribution < 1.29 is 27.6 Å². The number of alkyl halides is 3. The molecule has 0 aliphatic rings. The largest absolute Gasteiger partial charge is 0.416 e. The van der Waals surface area contributed by atoms with Gasteiger partial charge in [0, 0.05) is 29.3 Å². The number of aromatic nitrogens is 2. The van der Waals surface area contributed by atoms with Crippen LogP contribution in [0, 0.1) is 0 Å². The van der Waals surface area contributed by atoms with E-state index < -0.39 is 29.6 Å². The number of halogens is 3. The smallest absolute Gasteiger partial charge is 0.354 e. The molecule has 3 amide bonds. The number of nitrogens with zero attached hydrogens (tertiary/aromatic N) is 2. The lowest BCUT2D eigenvalue weighted by Crippen LogP contribution is -2.41. The number of nitrogens with one attached hydrogen (secondary N) is 3. The monoisotopic (exact) mass is 611 g/mol. The topological polar surface area (TPSA) is 113 Å². The first-order valence-corrected chi connectivity index (χ1v) is 14.1. The van der Waals surface area contributed by atoms with Crippen molar-refractivity contribution in [2.24, 2.45) is 0 Å². The Labute approximate surface area is 256 Å². The zero-order valence-electron chi connectivity index (χ0n) is 24.1. The standard InChI is InChI=1S/C34H28F3N5O3/c1-2-18-39-33(45)30(28-9-5-6-19-38-28)42-31(43)23-12-16-27-22(20-23)13-17-29(40-27)41-32(44)26-8-4-3-7-25(26)21-10-14-24(15-11-21)34(35,36)37/h3-17,19-20,30H,2,18H2,1H3,(H,39,45)(H,42,43)(H,40,41,44)/t30-/m0/s1. The fourth-order valence-corrected chi connectivity index (χ4v) is 4.68. The van der Waals surface area contributed by atoms with Crippen LogP contribution < -0.4 is 16.0 Å². The molecule has 0 radical (unpaired) electrons. The molecule has 0 bridgehead atoms. The van der Waals surface area contributed by atoms with Crippen molar-refractivity contribution in [1.82, 2.24) is 20.6 Å². The van der Waals surface area contributed by atoms with Gasteiger partial charge in [-0.1, -0.05) is 43.3 Å². The minimum absolute atomic E-state index is 0.245. The van der Waals surface area contributed by atoms with Crippen molar-refractivity contribution in [3.63, 3.8) is 0 Å². The van der Waals surface area contributed by atoms with Gasteiger partial charge in [-0.05, 0) is 78.2 Å². The molecule has 0 saturated heterocycles. The minimum atomic E-state index is -4.46. The van der Waals surface area contributed by atoms with Gasteiger partial charge in [-0.15, -0.1) is 0 Å². The van der Waals surface area contributed by atoms with E-state index >= 15 is 0 Å². The predicted octanol–water partition coefficient (Wildman–Crippen LogP) is 6.57. The number of pyridine rings is 2. The highest BCUT2D eigenvalue weighted by molar-refractivity contribution is 6.08. The van der Waals surface area contributed by atoms with Crippen molar-refractivity contribution in [2.45, 2.75) is 25.6 Å². The van der Waals surface area contributed by atoms with Crippen LogP contribution in [0.15, 0.2) is 103 Å². The number of anilines is 1. The third kappa shape index (κ3) is 7.32. The van der Waals surface area contributed by atoms with E-state index in [0.717, 1.165) is 18.6 Å². The molecule has 8 nitrogen and oxygen atoms in total. The Morgan fingerprint density at radius 1 is 0.844 bits per heavy atom. The van der Waals surface area contributed by atoms with Crippen LogP contribution in [0.5, 0.6) is 0 Å². The summed E-state index contributed by atoms with van der Waals surface area (Å²) in [5.41, 5.74) is 1.61. The van der Waals surface area contributed by atoms with Gasteiger partial charge in [0.2, 0.25) is 5.91 Å². The van der Waals surface area contributed by atoms with E-state index in [9.17, 15) is 27.6 Å². The highest BCUT2D eigenvalue weighted by atomic mass is 19.4. The third-order valence-corrected chi connectivity index (χ3v) is 6.96. The average Bonchev–Trinajstić information content (AvgIpc) is 3.05. The second-order valence-corrected chi connectivity index (χ2v) is 10.1. The van der Waals surface area contributed by atoms with E-state index in [2.05, 4.69) is 25.9 Å². The van der Waals surface area contributed by atoms with Gasteiger partial charge in [0.15, 0.2) is 6.04 Å². The maximum absolute atomic E-state index is 13.2. The quantitative estimate of drug-likeness (QED) is 0.175. The summed E-state index contributed by atoms with van der Waals surface area (Å²) in [5.74, 6) is -1.09. The number of fused-ring (bicyclic) bond motifs is 1. The van der Waals surface area contributed by atoms with Gasteiger partial charge in [-0.25, -0.2) is 4.98 Å². The molecule has 3 aromatic carbocycles. The Bertz CT molecular complexity index is 1840. The summed E-state index contributed by atoms with van der Waals surface area (Å²) >= 11 is 0. The molecule has 11 heteroatoms. The third-order valence-electron chi connectivity index (χ3n) is 6.96. The SMILES string of the molecule is CCCNC(=O)[C@@H](NC(=O)c1ccc2nc(NC(=O)c3ccccc3-c3ccc(C(F)(F)F)cc3)ccc2c1)c1ccccn1. The predicted molar refractivity (Wildman–Crippen MR) is 164 cm³/mol. The van der Waals surface area contributed by atoms with E-state index in [1.54, 1.807) is 79.0 Å². The van der Waals surface area contributed by atoms with Crippen molar-refractivity contribution in [3.05, 3.63) is 126 Å². The average molecular weight is 612 g/mol. The summed E-state index contributed by atoms with van der Waals surface area (Å²) in [7, 11) is 0. The molecule has 0 aliphatic heterocycles. The van der Waals surface area contributed by atoms with Crippen LogP contribution in [0.2, 0.25) is 0 Å². The molecule has 5 aromatic rings. The molecule has 2 aromatic heterocycles. The van der Waals surface area contributed by atoms with Crippen molar-refractivity contribution in [2.75, 3.05) is 11.9 Å². The molecular formula is C34H28F3N5O3. The second kappa shape index (κ2) is 13.4. The molecule has 0 unspecified atom stereocenters. The Kier molecular flexibility index (Phi) is 9.17. The van der Waals surface area contributed by atoms with Crippen molar-refractivity contribution >= 4 is 34.4 Å². The number of hydrogen-bond donors (Lipinski definition) is 3. The van der Waals surface area contributed by atoms with Gasteiger partial charge in [-0.3, -0.25) is 19.4 Å². The highest BCUT2D eigenvalue weighted by Gasteiger charge is 2.30. The highest BCUT2D eigenvalue weighted by Crippen LogP contribution is 2.32. The van der Waals surface area contributed by atoms with Crippen LogP contribution in [0.4, 0.5) is 19.0 Å². The van der Waals surface area contributed by atoms with Gasteiger partial charge >= 0.3 is 6.18 Å². The second-order valence-electron chi connectivity index (χ2n) is 10.1. The van der Waals surface area contributed by atoms with E-state index in [1.165, 1.54) is 12.1 Å². The van der Waals surface area contributed by atoms with Crippen LogP contribution in [-0.2, 0) is 11.0 Å². The number of hydrogen-bond acceptors (Lipinski definition) is 5. The van der Waals surface area contributed by atoms with Gasteiger partial charge < -0.3 is 16.0 Å². The lowest BCUT2D eigenvalue weighted by molar-refractivity contribution is -0.137. The Hall–Kier alpha value is -5.58. The first-order chi connectivity index (χ1) is 21.6. The maximum atomic E-state index is 13.2.